The largest absolute Gasteiger partial charge is 0.492 e. The lowest BCUT2D eigenvalue weighted by molar-refractivity contribution is 0.0631. The Labute approximate surface area is 177 Å². The number of amides is 2. The molecule has 0 bridgehead atoms. The number of nitrogens with zero attached hydrogens (tertiary/aromatic N) is 3. The zero-order chi connectivity index (χ0) is 20.9. The molecular formula is C24H29N3O3. The van der Waals surface area contributed by atoms with Crippen molar-refractivity contribution in [2.45, 2.75) is 32.6 Å². The van der Waals surface area contributed by atoms with E-state index in [9.17, 15) is 9.59 Å². The molecule has 2 amide bonds. The topological polar surface area (TPSA) is 62.7 Å². The van der Waals surface area contributed by atoms with E-state index in [0.717, 1.165) is 50.9 Å². The molecule has 0 aliphatic carbocycles. The standard InChI is InChI=1S/C24H29N3O3/c1-18-10-11-25-15-21(18)24(29)27-14-6-7-19(16-27)17-30-22-9-3-2-8-20(22)23(28)26-12-4-5-13-26/h2-3,8-11,15,19H,4-7,12-14,16-17H2,1H3. The summed E-state index contributed by atoms with van der Waals surface area (Å²) >= 11 is 0. The second-order valence-corrected chi connectivity index (χ2v) is 8.26. The molecule has 1 unspecified atom stereocenters. The Bertz CT molecular complexity index is 908. The maximum atomic E-state index is 12.9. The van der Waals surface area contributed by atoms with Crippen LogP contribution in [-0.4, -0.2) is 59.4 Å². The summed E-state index contributed by atoms with van der Waals surface area (Å²) in [7, 11) is 0. The number of hydrogen-bond acceptors (Lipinski definition) is 4. The Morgan fingerprint density at radius 2 is 1.73 bits per heavy atom. The number of pyridine rings is 1. The van der Waals surface area contributed by atoms with Gasteiger partial charge >= 0.3 is 0 Å². The van der Waals surface area contributed by atoms with Crippen LogP contribution in [0.4, 0.5) is 0 Å². The van der Waals surface area contributed by atoms with Crippen LogP contribution in [0, 0.1) is 12.8 Å². The lowest BCUT2D eigenvalue weighted by Crippen LogP contribution is -2.42. The second-order valence-electron chi connectivity index (χ2n) is 8.26. The summed E-state index contributed by atoms with van der Waals surface area (Å²) in [5.41, 5.74) is 2.25. The monoisotopic (exact) mass is 407 g/mol. The molecule has 6 nitrogen and oxygen atoms in total. The van der Waals surface area contributed by atoms with Crippen LogP contribution in [0.3, 0.4) is 0 Å². The predicted molar refractivity (Wildman–Crippen MR) is 115 cm³/mol. The average molecular weight is 408 g/mol. The molecule has 2 aromatic rings. The third kappa shape index (κ3) is 4.48. The van der Waals surface area contributed by atoms with Crippen molar-refractivity contribution >= 4 is 11.8 Å². The maximum absolute atomic E-state index is 12.9. The van der Waals surface area contributed by atoms with Gasteiger partial charge in [-0.05, 0) is 56.4 Å². The molecule has 158 valence electrons. The number of piperidine rings is 1. The number of ether oxygens (including phenoxy) is 1. The fraction of sp³-hybridized carbons (Fsp3) is 0.458. The highest BCUT2D eigenvalue weighted by Gasteiger charge is 2.27. The van der Waals surface area contributed by atoms with Crippen molar-refractivity contribution in [3.8, 4) is 5.75 Å². The highest BCUT2D eigenvalue weighted by atomic mass is 16.5. The van der Waals surface area contributed by atoms with E-state index in [0.29, 0.717) is 30.0 Å². The van der Waals surface area contributed by atoms with Gasteiger partial charge in [-0.25, -0.2) is 0 Å². The predicted octanol–water partition coefficient (Wildman–Crippen LogP) is 3.56. The van der Waals surface area contributed by atoms with E-state index in [4.69, 9.17) is 4.74 Å². The van der Waals surface area contributed by atoms with Gasteiger partial charge in [0, 0.05) is 44.5 Å². The molecule has 2 fully saturated rings. The third-order valence-corrected chi connectivity index (χ3v) is 6.06. The normalized spacial score (nSPS) is 19.0. The Kier molecular flexibility index (Phi) is 6.31. The third-order valence-electron chi connectivity index (χ3n) is 6.06. The molecule has 2 aliphatic heterocycles. The van der Waals surface area contributed by atoms with Crippen LogP contribution in [0.5, 0.6) is 5.75 Å². The molecule has 1 aromatic heterocycles. The van der Waals surface area contributed by atoms with Gasteiger partial charge in [-0.3, -0.25) is 14.6 Å². The molecule has 1 aromatic carbocycles. The van der Waals surface area contributed by atoms with E-state index < -0.39 is 0 Å². The molecule has 2 saturated heterocycles. The Balaban J connectivity index is 1.39. The molecule has 1 atom stereocenters. The van der Waals surface area contributed by atoms with Gasteiger partial charge in [0.2, 0.25) is 0 Å². The summed E-state index contributed by atoms with van der Waals surface area (Å²) in [5.74, 6) is 0.973. The fourth-order valence-electron chi connectivity index (χ4n) is 4.31. The number of aryl methyl sites for hydroxylation is 1. The fourth-order valence-corrected chi connectivity index (χ4v) is 4.31. The first-order valence-electron chi connectivity index (χ1n) is 10.8. The van der Waals surface area contributed by atoms with Gasteiger partial charge < -0.3 is 14.5 Å². The Morgan fingerprint density at radius 1 is 1.00 bits per heavy atom. The lowest BCUT2D eigenvalue weighted by atomic mass is 9.98. The van der Waals surface area contributed by atoms with E-state index in [-0.39, 0.29) is 17.7 Å². The highest BCUT2D eigenvalue weighted by molar-refractivity contribution is 5.97. The number of rotatable bonds is 5. The van der Waals surface area contributed by atoms with Crippen LogP contribution in [-0.2, 0) is 0 Å². The van der Waals surface area contributed by atoms with Gasteiger partial charge in [0.1, 0.15) is 5.75 Å². The quantitative estimate of drug-likeness (QED) is 0.760. The number of hydrogen-bond donors (Lipinski definition) is 0. The summed E-state index contributed by atoms with van der Waals surface area (Å²) < 4.78 is 6.12. The smallest absolute Gasteiger partial charge is 0.257 e. The van der Waals surface area contributed by atoms with Crippen LogP contribution in [0.25, 0.3) is 0 Å². The minimum atomic E-state index is 0.0370. The van der Waals surface area contributed by atoms with Crippen molar-refractivity contribution in [2.24, 2.45) is 5.92 Å². The molecule has 30 heavy (non-hydrogen) atoms. The van der Waals surface area contributed by atoms with Crippen molar-refractivity contribution in [1.29, 1.82) is 0 Å². The average Bonchev–Trinajstić information content (AvgIpc) is 3.32. The number of carbonyl (C=O) groups is 2. The maximum Gasteiger partial charge on any atom is 0.257 e. The molecule has 4 rings (SSSR count). The minimum Gasteiger partial charge on any atom is -0.492 e. The van der Waals surface area contributed by atoms with E-state index in [2.05, 4.69) is 4.98 Å². The highest BCUT2D eigenvalue weighted by Crippen LogP contribution is 2.25. The summed E-state index contributed by atoms with van der Waals surface area (Å²) in [6.07, 6.45) is 7.46. The molecule has 0 saturated carbocycles. The molecule has 3 heterocycles. The molecular weight excluding hydrogens is 378 g/mol. The zero-order valence-electron chi connectivity index (χ0n) is 17.5. The number of aromatic nitrogens is 1. The van der Waals surface area contributed by atoms with Crippen molar-refractivity contribution in [1.82, 2.24) is 14.8 Å². The molecule has 0 radical (unpaired) electrons. The van der Waals surface area contributed by atoms with E-state index in [1.165, 1.54) is 0 Å². The van der Waals surface area contributed by atoms with E-state index in [1.54, 1.807) is 12.4 Å². The number of carbonyl (C=O) groups excluding carboxylic acids is 2. The molecule has 6 heteroatoms. The lowest BCUT2D eigenvalue weighted by Gasteiger charge is -2.33. The SMILES string of the molecule is Cc1ccncc1C(=O)N1CCCC(COc2ccccc2C(=O)N2CCCC2)C1. The van der Waals surface area contributed by atoms with Gasteiger partial charge in [0.05, 0.1) is 17.7 Å². The molecule has 2 aliphatic rings. The first kappa shape index (κ1) is 20.4. The van der Waals surface area contributed by atoms with E-state index >= 15 is 0 Å². The van der Waals surface area contributed by atoms with Crippen LogP contribution in [0.2, 0.25) is 0 Å². The Morgan fingerprint density at radius 3 is 2.53 bits per heavy atom. The van der Waals surface area contributed by atoms with Gasteiger partial charge in [-0.1, -0.05) is 12.1 Å². The zero-order valence-corrected chi connectivity index (χ0v) is 17.5. The van der Waals surface area contributed by atoms with Gasteiger partial charge in [0.15, 0.2) is 0 Å². The van der Waals surface area contributed by atoms with Crippen molar-refractivity contribution < 1.29 is 14.3 Å². The van der Waals surface area contributed by atoms with Gasteiger partial charge in [-0.2, -0.15) is 0 Å². The van der Waals surface area contributed by atoms with Crippen LogP contribution < -0.4 is 4.74 Å². The summed E-state index contributed by atoms with van der Waals surface area (Å²) in [4.78, 5) is 33.7. The van der Waals surface area contributed by atoms with Gasteiger partial charge in [-0.15, -0.1) is 0 Å². The first-order chi connectivity index (χ1) is 14.6. The van der Waals surface area contributed by atoms with Crippen molar-refractivity contribution in [3.63, 3.8) is 0 Å². The molecule has 0 N–H and O–H groups in total. The summed E-state index contributed by atoms with van der Waals surface area (Å²) in [5, 5.41) is 0. The number of para-hydroxylation sites is 1. The second kappa shape index (κ2) is 9.28. The van der Waals surface area contributed by atoms with Crippen LogP contribution >= 0.6 is 0 Å². The van der Waals surface area contributed by atoms with Crippen molar-refractivity contribution in [2.75, 3.05) is 32.8 Å². The van der Waals surface area contributed by atoms with Crippen LogP contribution in [0.15, 0.2) is 42.7 Å². The molecule has 0 spiro atoms. The first-order valence-corrected chi connectivity index (χ1v) is 10.8. The van der Waals surface area contributed by atoms with E-state index in [1.807, 2.05) is 47.1 Å². The van der Waals surface area contributed by atoms with Crippen molar-refractivity contribution in [3.05, 3.63) is 59.4 Å². The summed E-state index contributed by atoms with van der Waals surface area (Å²) in [6, 6.07) is 9.36. The minimum absolute atomic E-state index is 0.0370. The van der Waals surface area contributed by atoms with Crippen LogP contribution in [0.1, 0.15) is 52.0 Å². The Hall–Kier alpha value is -2.89. The number of likely N-dealkylation sites (tertiary alicyclic amines) is 2. The number of benzene rings is 1. The summed E-state index contributed by atoms with van der Waals surface area (Å²) in [6.45, 7) is 5.50. The van der Waals surface area contributed by atoms with Gasteiger partial charge in [0.25, 0.3) is 11.8 Å².